The van der Waals surface area contributed by atoms with E-state index in [-0.39, 0.29) is 11.5 Å². The van der Waals surface area contributed by atoms with Crippen LogP contribution in [0.1, 0.15) is 27.2 Å². The highest BCUT2D eigenvalue weighted by molar-refractivity contribution is 4.79. The maximum Gasteiger partial charge on any atom is 0.401 e. The van der Waals surface area contributed by atoms with Crippen molar-refractivity contribution in [3.8, 4) is 0 Å². The first kappa shape index (κ1) is 15.7. The first-order chi connectivity index (χ1) is 7.10. The van der Waals surface area contributed by atoms with Gasteiger partial charge in [0.2, 0.25) is 0 Å². The lowest BCUT2D eigenvalue weighted by molar-refractivity contribution is -0.145. The fourth-order valence-corrected chi connectivity index (χ4v) is 1.42. The van der Waals surface area contributed by atoms with Crippen molar-refractivity contribution >= 4 is 0 Å². The van der Waals surface area contributed by atoms with Crippen molar-refractivity contribution in [3.05, 3.63) is 0 Å². The Labute approximate surface area is 95.8 Å². The maximum atomic E-state index is 12.1. The molecule has 0 saturated carbocycles. The van der Waals surface area contributed by atoms with Gasteiger partial charge in [-0.15, -0.1) is 0 Å². The van der Waals surface area contributed by atoms with Crippen LogP contribution in [0.3, 0.4) is 0 Å². The summed E-state index contributed by atoms with van der Waals surface area (Å²) in [4.78, 5) is 1.28. The molecule has 98 valence electrons. The smallest absolute Gasteiger partial charge is 0.378 e. The van der Waals surface area contributed by atoms with Crippen molar-refractivity contribution in [1.82, 2.24) is 4.90 Å². The number of ether oxygens (including phenoxy) is 1. The molecule has 0 aromatic heterocycles. The van der Waals surface area contributed by atoms with Crippen LogP contribution in [0.25, 0.3) is 0 Å². The molecule has 0 N–H and O–H groups in total. The van der Waals surface area contributed by atoms with E-state index >= 15 is 0 Å². The molecule has 0 heterocycles. The van der Waals surface area contributed by atoms with Crippen LogP contribution < -0.4 is 0 Å². The summed E-state index contributed by atoms with van der Waals surface area (Å²) < 4.78 is 41.7. The third-order valence-corrected chi connectivity index (χ3v) is 3.13. The van der Waals surface area contributed by atoms with E-state index in [1.807, 2.05) is 20.8 Å². The number of rotatable bonds is 6. The lowest BCUT2D eigenvalue weighted by Gasteiger charge is -2.34. The van der Waals surface area contributed by atoms with Gasteiger partial charge < -0.3 is 4.74 Å². The fourth-order valence-electron chi connectivity index (χ4n) is 1.42. The Morgan fingerprint density at radius 3 is 2.06 bits per heavy atom. The van der Waals surface area contributed by atoms with Gasteiger partial charge in [-0.1, -0.05) is 13.8 Å². The summed E-state index contributed by atoms with van der Waals surface area (Å²) >= 11 is 0. The summed E-state index contributed by atoms with van der Waals surface area (Å²) in [5.74, 6) is 0.275. The molecule has 0 bridgehead atoms. The predicted octanol–water partition coefficient (Wildman–Crippen LogP) is 2.93. The molecule has 0 aliphatic rings. The largest absolute Gasteiger partial charge is 0.401 e. The first-order valence-corrected chi connectivity index (χ1v) is 5.41. The Bertz CT molecular complexity index is 206. The van der Waals surface area contributed by atoms with Crippen molar-refractivity contribution in [1.29, 1.82) is 0 Å². The quantitative estimate of drug-likeness (QED) is 0.709. The number of nitrogens with zero attached hydrogens (tertiary/aromatic N) is 1. The summed E-state index contributed by atoms with van der Waals surface area (Å²) in [6.07, 6.45) is -3.54. The number of halogens is 3. The first-order valence-electron chi connectivity index (χ1n) is 5.41. The normalized spacial score (nSPS) is 16.9. The minimum absolute atomic E-state index is 0.275. The molecule has 0 aliphatic heterocycles. The third-order valence-electron chi connectivity index (χ3n) is 3.13. The minimum atomic E-state index is -4.13. The highest BCUT2D eigenvalue weighted by Gasteiger charge is 2.32. The molecule has 0 aromatic carbocycles. The van der Waals surface area contributed by atoms with Gasteiger partial charge in [0.1, 0.15) is 0 Å². The van der Waals surface area contributed by atoms with Gasteiger partial charge in [0.05, 0.1) is 12.1 Å². The predicted molar refractivity (Wildman–Crippen MR) is 58.4 cm³/mol. The van der Waals surface area contributed by atoms with Crippen LogP contribution in [0.4, 0.5) is 13.2 Å². The van der Waals surface area contributed by atoms with Crippen LogP contribution in [-0.4, -0.2) is 43.9 Å². The van der Waals surface area contributed by atoms with Gasteiger partial charge in [0.25, 0.3) is 0 Å². The average Bonchev–Trinajstić information content (AvgIpc) is 2.11. The molecule has 0 aliphatic carbocycles. The number of methoxy groups -OCH3 is 1. The van der Waals surface area contributed by atoms with Crippen molar-refractivity contribution in [3.63, 3.8) is 0 Å². The molecule has 0 spiro atoms. The van der Waals surface area contributed by atoms with Crippen LogP contribution in [-0.2, 0) is 4.74 Å². The van der Waals surface area contributed by atoms with Crippen LogP contribution in [0.5, 0.6) is 0 Å². The van der Waals surface area contributed by atoms with Crippen molar-refractivity contribution < 1.29 is 17.9 Å². The molecule has 0 amide bonds. The summed E-state index contributed by atoms with van der Waals surface area (Å²) in [7, 11) is 3.08. The summed E-state index contributed by atoms with van der Waals surface area (Å²) in [5.41, 5.74) is -0.361. The van der Waals surface area contributed by atoms with E-state index in [0.29, 0.717) is 13.0 Å². The van der Waals surface area contributed by atoms with Crippen LogP contribution in [0.2, 0.25) is 0 Å². The van der Waals surface area contributed by atoms with E-state index in [2.05, 4.69) is 0 Å². The van der Waals surface area contributed by atoms with E-state index in [1.54, 1.807) is 7.11 Å². The summed E-state index contributed by atoms with van der Waals surface area (Å²) in [5, 5.41) is 0. The Kier molecular flexibility index (Phi) is 5.76. The Balaban J connectivity index is 4.13. The zero-order valence-electron chi connectivity index (χ0n) is 10.7. The van der Waals surface area contributed by atoms with E-state index < -0.39 is 12.7 Å². The van der Waals surface area contributed by atoms with Crippen molar-refractivity contribution in [2.24, 2.45) is 5.92 Å². The lowest BCUT2D eigenvalue weighted by Crippen LogP contribution is -2.39. The van der Waals surface area contributed by atoms with E-state index in [9.17, 15) is 13.2 Å². The monoisotopic (exact) mass is 241 g/mol. The molecule has 0 fully saturated rings. The highest BCUT2D eigenvalue weighted by Crippen LogP contribution is 2.25. The molecule has 5 heteroatoms. The van der Waals surface area contributed by atoms with Gasteiger partial charge in [0, 0.05) is 13.7 Å². The van der Waals surface area contributed by atoms with Crippen LogP contribution in [0.15, 0.2) is 0 Å². The molecule has 0 saturated heterocycles. The van der Waals surface area contributed by atoms with Gasteiger partial charge in [-0.05, 0) is 26.3 Å². The van der Waals surface area contributed by atoms with Gasteiger partial charge in [-0.3, -0.25) is 4.90 Å². The van der Waals surface area contributed by atoms with E-state index in [0.717, 1.165) is 0 Å². The summed E-state index contributed by atoms with van der Waals surface area (Å²) in [6.45, 7) is 5.45. The topological polar surface area (TPSA) is 12.5 Å². The molecular weight excluding hydrogens is 219 g/mol. The molecule has 1 unspecified atom stereocenters. The number of hydrogen-bond acceptors (Lipinski definition) is 2. The van der Waals surface area contributed by atoms with Crippen molar-refractivity contribution in [2.45, 2.75) is 39.0 Å². The third kappa shape index (κ3) is 5.70. The standard InChI is InChI=1S/C11H22F3NO/c1-9(2)10(3,16-5)6-7-15(4)8-11(12,13)14/h9H,6-8H2,1-5H3. The van der Waals surface area contributed by atoms with Gasteiger partial charge in [0.15, 0.2) is 0 Å². The van der Waals surface area contributed by atoms with Gasteiger partial charge in [-0.25, -0.2) is 0 Å². The van der Waals surface area contributed by atoms with Crippen LogP contribution >= 0.6 is 0 Å². The fraction of sp³-hybridized carbons (Fsp3) is 1.00. The number of alkyl halides is 3. The second-order valence-corrected chi connectivity index (χ2v) is 4.77. The minimum Gasteiger partial charge on any atom is -0.378 e. The second kappa shape index (κ2) is 5.87. The lowest BCUT2D eigenvalue weighted by atomic mass is 9.89. The second-order valence-electron chi connectivity index (χ2n) is 4.77. The molecule has 2 nitrogen and oxygen atoms in total. The molecule has 0 rings (SSSR count). The van der Waals surface area contributed by atoms with E-state index in [4.69, 9.17) is 4.74 Å². The van der Waals surface area contributed by atoms with Crippen LogP contribution in [0, 0.1) is 5.92 Å². The Morgan fingerprint density at radius 2 is 1.75 bits per heavy atom. The molecule has 1 atom stereocenters. The zero-order valence-corrected chi connectivity index (χ0v) is 10.7. The SMILES string of the molecule is COC(C)(CCN(C)CC(F)(F)F)C(C)C. The zero-order chi connectivity index (χ0) is 13.0. The molecule has 16 heavy (non-hydrogen) atoms. The van der Waals surface area contributed by atoms with Gasteiger partial charge >= 0.3 is 6.18 Å². The molecular formula is C11H22F3NO. The Hall–Kier alpha value is -0.290. The molecule has 0 aromatic rings. The van der Waals surface area contributed by atoms with Gasteiger partial charge in [-0.2, -0.15) is 13.2 Å². The van der Waals surface area contributed by atoms with Crippen molar-refractivity contribution in [2.75, 3.05) is 27.2 Å². The maximum absolute atomic E-state index is 12.1. The average molecular weight is 241 g/mol. The van der Waals surface area contributed by atoms with E-state index in [1.165, 1.54) is 11.9 Å². The highest BCUT2D eigenvalue weighted by atomic mass is 19.4. The summed E-state index contributed by atoms with van der Waals surface area (Å²) in [6, 6.07) is 0. The number of hydrogen-bond donors (Lipinski definition) is 0. The Morgan fingerprint density at radius 1 is 1.25 bits per heavy atom. The molecule has 0 radical (unpaired) electrons.